The van der Waals surface area contributed by atoms with Gasteiger partial charge >= 0.3 is 6.18 Å². The van der Waals surface area contributed by atoms with Gasteiger partial charge in [-0.1, -0.05) is 47.5 Å². The molecule has 10 heteroatoms. The number of hydrogen-bond donors (Lipinski definition) is 2. The Labute approximate surface area is 198 Å². The first-order valence-electron chi connectivity index (χ1n) is 9.61. The molecule has 0 spiro atoms. The number of anilines is 1. The maximum absolute atomic E-state index is 12.8. The molecule has 0 fully saturated rings. The normalized spacial score (nSPS) is 11.4. The van der Waals surface area contributed by atoms with Gasteiger partial charge in [0.25, 0.3) is 5.91 Å². The van der Waals surface area contributed by atoms with E-state index < -0.39 is 17.6 Å². The second kappa shape index (κ2) is 11.1. The molecule has 0 aromatic heterocycles. The van der Waals surface area contributed by atoms with E-state index in [9.17, 15) is 18.0 Å². The number of nitrogens with zero attached hydrogens (tertiary/aromatic N) is 1. The van der Waals surface area contributed by atoms with Crippen molar-refractivity contribution in [3.63, 3.8) is 0 Å². The van der Waals surface area contributed by atoms with E-state index >= 15 is 0 Å². The Morgan fingerprint density at radius 1 is 1.03 bits per heavy atom. The molecule has 0 atom stereocenters. The lowest BCUT2D eigenvalue weighted by molar-refractivity contribution is -0.137. The van der Waals surface area contributed by atoms with Crippen molar-refractivity contribution in [3.8, 4) is 5.75 Å². The van der Waals surface area contributed by atoms with Gasteiger partial charge in [0, 0.05) is 26.9 Å². The molecule has 0 aliphatic heterocycles. The average molecular weight is 496 g/mol. The van der Waals surface area contributed by atoms with Crippen LogP contribution in [0.25, 0.3) is 0 Å². The van der Waals surface area contributed by atoms with Crippen LogP contribution in [0, 0.1) is 0 Å². The summed E-state index contributed by atoms with van der Waals surface area (Å²) in [5.74, 6) is -0.0152. The van der Waals surface area contributed by atoms with E-state index in [1.807, 2.05) is 0 Å². The van der Waals surface area contributed by atoms with Gasteiger partial charge in [0.15, 0.2) is 0 Å². The first kappa shape index (κ1) is 24.4. The van der Waals surface area contributed by atoms with Crippen LogP contribution < -0.4 is 15.5 Å². The number of hydrazone groups is 1. The third-order valence-corrected chi connectivity index (χ3v) is 4.94. The largest absolute Gasteiger partial charge is 0.488 e. The maximum Gasteiger partial charge on any atom is 0.416 e. The molecule has 0 saturated carbocycles. The fraction of sp³-hybridized carbons (Fsp3) is 0.130. The predicted molar refractivity (Wildman–Crippen MR) is 123 cm³/mol. The van der Waals surface area contributed by atoms with E-state index in [4.69, 9.17) is 27.9 Å². The lowest BCUT2D eigenvalue weighted by atomic mass is 10.2. The fourth-order valence-corrected chi connectivity index (χ4v) is 3.18. The van der Waals surface area contributed by atoms with Gasteiger partial charge in [-0.15, -0.1) is 0 Å². The third kappa shape index (κ3) is 7.40. The molecule has 3 aromatic rings. The van der Waals surface area contributed by atoms with Crippen molar-refractivity contribution in [2.45, 2.75) is 12.8 Å². The van der Waals surface area contributed by atoms with E-state index in [-0.39, 0.29) is 18.8 Å². The van der Waals surface area contributed by atoms with Crippen LogP contribution in [0.3, 0.4) is 0 Å². The summed E-state index contributed by atoms with van der Waals surface area (Å²) in [6.07, 6.45) is -3.06. The van der Waals surface area contributed by atoms with Gasteiger partial charge in [0.1, 0.15) is 12.4 Å². The van der Waals surface area contributed by atoms with Crippen molar-refractivity contribution in [3.05, 3.63) is 93.5 Å². The van der Waals surface area contributed by atoms with Crippen molar-refractivity contribution >= 4 is 41.0 Å². The minimum absolute atomic E-state index is 0.170. The van der Waals surface area contributed by atoms with E-state index in [1.54, 1.807) is 42.5 Å². The predicted octanol–water partition coefficient (Wildman–Crippen LogP) is 6.15. The summed E-state index contributed by atoms with van der Waals surface area (Å²) in [6.45, 7) is -0.0556. The lowest BCUT2D eigenvalue weighted by Crippen LogP contribution is -2.26. The second-order valence-electron chi connectivity index (χ2n) is 6.79. The summed E-state index contributed by atoms with van der Waals surface area (Å²) >= 11 is 12.1. The molecule has 33 heavy (non-hydrogen) atoms. The highest BCUT2D eigenvalue weighted by Crippen LogP contribution is 2.30. The van der Waals surface area contributed by atoms with Gasteiger partial charge in [-0.05, 0) is 42.5 Å². The summed E-state index contributed by atoms with van der Waals surface area (Å²) in [7, 11) is 0. The average Bonchev–Trinajstić information content (AvgIpc) is 2.77. The highest BCUT2D eigenvalue weighted by Gasteiger charge is 2.30. The Bertz CT molecular complexity index is 1150. The van der Waals surface area contributed by atoms with Crippen LogP contribution in [0.15, 0.2) is 71.8 Å². The van der Waals surface area contributed by atoms with Crippen molar-refractivity contribution in [1.29, 1.82) is 0 Å². The highest BCUT2D eigenvalue weighted by molar-refractivity contribution is 6.35. The first-order chi connectivity index (χ1) is 15.7. The van der Waals surface area contributed by atoms with Crippen LogP contribution >= 0.6 is 23.2 Å². The highest BCUT2D eigenvalue weighted by atomic mass is 35.5. The first-order valence-corrected chi connectivity index (χ1v) is 10.4. The SMILES string of the molecule is O=C(CNc1cccc(C(F)(F)F)c1)N/N=C\c1ccccc1OCc1ccc(Cl)cc1Cl. The summed E-state index contributed by atoms with van der Waals surface area (Å²) in [6, 6.07) is 16.7. The zero-order chi connectivity index (χ0) is 23.8. The van der Waals surface area contributed by atoms with Crippen LogP contribution in [-0.4, -0.2) is 18.7 Å². The Morgan fingerprint density at radius 3 is 2.58 bits per heavy atom. The van der Waals surface area contributed by atoms with Gasteiger partial charge in [-0.25, -0.2) is 5.43 Å². The van der Waals surface area contributed by atoms with Crippen LogP contribution in [0.2, 0.25) is 10.0 Å². The number of rotatable bonds is 8. The van der Waals surface area contributed by atoms with Crippen molar-refractivity contribution in [2.24, 2.45) is 5.10 Å². The minimum atomic E-state index is -4.46. The molecule has 0 bridgehead atoms. The quantitative estimate of drug-likeness (QED) is 0.290. The van der Waals surface area contributed by atoms with Crippen LogP contribution in [-0.2, 0) is 17.6 Å². The number of amides is 1. The molecule has 3 rings (SSSR count). The monoisotopic (exact) mass is 495 g/mol. The maximum atomic E-state index is 12.8. The molecular formula is C23H18Cl2F3N3O2. The molecule has 2 N–H and O–H groups in total. The standard InChI is InChI=1S/C23H18Cl2F3N3O2/c24-18-9-8-16(20(25)11-18)14-33-21-7-2-1-4-15(21)12-30-31-22(32)13-29-19-6-3-5-17(10-19)23(26,27)28/h1-12,29H,13-14H2,(H,31,32)/b30-12-. The lowest BCUT2D eigenvalue weighted by Gasteiger charge is -2.11. The van der Waals surface area contributed by atoms with E-state index in [1.165, 1.54) is 18.3 Å². The number of benzene rings is 3. The number of halogens is 5. The number of carbonyl (C=O) groups is 1. The van der Waals surface area contributed by atoms with Crippen LogP contribution in [0.5, 0.6) is 5.75 Å². The number of nitrogens with one attached hydrogen (secondary N) is 2. The molecule has 5 nitrogen and oxygen atoms in total. The Kier molecular flexibility index (Phi) is 8.19. The van der Waals surface area contributed by atoms with E-state index in [2.05, 4.69) is 15.8 Å². The zero-order valence-corrected chi connectivity index (χ0v) is 18.5. The molecule has 0 radical (unpaired) electrons. The summed E-state index contributed by atoms with van der Waals surface area (Å²) in [5, 5.41) is 7.52. The summed E-state index contributed by atoms with van der Waals surface area (Å²) < 4.78 is 44.1. The van der Waals surface area contributed by atoms with Gasteiger partial charge in [0.2, 0.25) is 0 Å². The van der Waals surface area contributed by atoms with Crippen LogP contribution in [0.4, 0.5) is 18.9 Å². The van der Waals surface area contributed by atoms with Gasteiger partial charge in [-0.2, -0.15) is 18.3 Å². The van der Waals surface area contributed by atoms with Crippen LogP contribution in [0.1, 0.15) is 16.7 Å². The molecule has 0 saturated heterocycles. The molecule has 0 heterocycles. The molecule has 3 aromatic carbocycles. The summed E-state index contributed by atoms with van der Waals surface area (Å²) in [4.78, 5) is 12.0. The van der Waals surface area contributed by atoms with E-state index in [0.717, 1.165) is 17.7 Å². The Morgan fingerprint density at radius 2 is 1.82 bits per heavy atom. The van der Waals surface area contributed by atoms with Gasteiger partial charge in [0.05, 0.1) is 18.3 Å². The number of para-hydroxylation sites is 1. The zero-order valence-electron chi connectivity index (χ0n) is 17.0. The summed E-state index contributed by atoms with van der Waals surface area (Å²) in [5.41, 5.74) is 3.04. The van der Waals surface area contributed by atoms with Gasteiger partial charge in [-0.3, -0.25) is 4.79 Å². The molecule has 0 unspecified atom stereocenters. The number of hydrogen-bond acceptors (Lipinski definition) is 4. The van der Waals surface area contributed by atoms with E-state index in [0.29, 0.717) is 21.4 Å². The van der Waals surface area contributed by atoms with Crippen molar-refractivity contribution in [1.82, 2.24) is 5.43 Å². The molecular weight excluding hydrogens is 478 g/mol. The van der Waals surface area contributed by atoms with Gasteiger partial charge < -0.3 is 10.1 Å². The Hall–Kier alpha value is -3.23. The molecule has 172 valence electrons. The third-order valence-electron chi connectivity index (χ3n) is 4.35. The number of alkyl halides is 3. The fourth-order valence-electron chi connectivity index (χ4n) is 2.71. The van der Waals surface area contributed by atoms with Crippen molar-refractivity contribution in [2.75, 3.05) is 11.9 Å². The smallest absolute Gasteiger partial charge is 0.416 e. The molecule has 0 aliphatic rings. The Balaban J connectivity index is 1.54. The van der Waals surface area contributed by atoms with Crippen molar-refractivity contribution < 1.29 is 22.7 Å². The minimum Gasteiger partial charge on any atom is -0.488 e. The number of carbonyl (C=O) groups excluding carboxylic acids is 1. The molecule has 0 aliphatic carbocycles. The number of ether oxygens (including phenoxy) is 1. The molecule has 1 amide bonds. The topological polar surface area (TPSA) is 62.7 Å². The second-order valence-corrected chi connectivity index (χ2v) is 7.63.